The summed E-state index contributed by atoms with van der Waals surface area (Å²) in [5.41, 5.74) is 0.875. The van der Waals surface area contributed by atoms with Gasteiger partial charge in [0.15, 0.2) is 11.5 Å². The molecule has 3 amide bonds. The number of urea groups is 1. The predicted molar refractivity (Wildman–Crippen MR) is 85.8 cm³/mol. The predicted octanol–water partition coefficient (Wildman–Crippen LogP) is 0.655. The molecule has 1 aromatic rings. The zero-order chi connectivity index (χ0) is 16.8. The number of carbonyl (C=O) groups excluding carboxylic acids is 2. The van der Waals surface area contributed by atoms with Gasteiger partial charge in [-0.2, -0.15) is 0 Å². The van der Waals surface area contributed by atoms with Crippen molar-refractivity contribution in [2.45, 2.75) is 18.6 Å². The molecule has 3 heterocycles. The van der Waals surface area contributed by atoms with Crippen LogP contribution in [0.2, 0.25) is 0 Å². The zero-order valence-corrected chi connectivity index (χ0v) is 13.6. The number of piperidine rings is 1. The topological polar surface area (TPSA) is 83.1 Å². The van der Waals surface area contributed by atoms with Crippen LogP contribution >= 0.6 is 0 Å². The Morgan fingerprint density at radius 3 is 2.83 bits per heavy atom. The number of amides is 3. The molecule has 0 spiro atoms. The van der Waals surface area contributed by atoms with Crippen LogP contribution in [0.5, 0.6) is 11.5 Å². The highest BCUT2D eigenvalue weighted by atomic mass is 16.7. The van der Waals surface area contributed by atoms with Crippen molar-refractivity contribution in [2.75, 3.05) is 32.7 Å². The summed E-state index contributed by atoms with van der Waals surface area (Å²) >= 11 is 0. The minimum absolute atomic E-state index is 0.0675. The molecule has 1 aromatic carbocycles. The lowest BCUT2D eigenvalue weighted by Crippen LogP contribution is -2.69. The molecule has 4 rings (SSSR count). The molecule has 3 aliphatic rings. The average molecular weight is 332 g/mol. The first-order valence-electron chi connectivity index (χ1n) is 8.00. The second-order valence-corrected chi connectivity index (χ2v) is 6.32. The van der Waals surface area contributed by atoms with E-state index >= 15 is 0 Å². The van der Waals surface area contributed by atoms with Gasteiger partial charge in [-0.25, -0.2) is 4.79 Å². The van der Waals surface area contributed by atoms with E-state index in [0.29, 0.717) is 5.75 Å². The largest absolute Gasteiger partial charge is 0.454 e. The molecular weight excluding hydrogens is 312 g/mol. The maximum atomic E-state index is 12.7. The van der Waals surface area contributed by atoms with E-state index in [4.69, 9.17) is 9.47 Å². The van der Waals surface area contributed by atoms with Crippen molar-refractivity contribution < 1.29 is 19.1 Å². The Bertz CT molecular complexity index is 695. The van der Waals surface area contributed by atoms with Crippen LogP contribution in [0.4, 0.5) is 10.5 Å². The maximum absolute atomic E-state index is 12.7. The number of fused-ring (bicyclic) bond motifs is 2. The van der Waals surface area contributed by atoms with E-state index in [1.165, 1.54) is 11.9 Å². The van der Waals surface area contributed by atoms with Crippen LogP contribution in [-0.2, 0) is 4.79 Å². The molecule has 8 heteroatoms. The highest BCUT2D eigenvalue weighted by Gasteiger charge is 2.48. The molecule has 0 aromatic heterocycles. The number of hydrogen-bond acceptors (Lipinski definition) is 6. The van der Waals surface area contributed by atoms with E-state index in [0.717, 1.165) is 24.4 Å². The highest BCUT2D eigenvalue weighted by Crippen LogP contribution is 2.36. The Hall–Kier alpha value is -2.48. The van der Waals surface area contributed by atoms with Gasteiger partial charge < -0.3 is 19.7 Å². The van der Waals surface area contributed by atoms with Crippen molar-refractivity contribution in [3.8, 4) is 11.5 Å². The minimum atomic E-state index is -0.336. The van der Waals surface area contributed by atoms with Crippen LogP contribution < -0.4 is 20.1 Å². The molecule has 3 aliphatic heterocycles. The van der Waals surface area contributed by atoms with E-state index in [-0.39, 0.29) is 36.9 Å². The smallest absolute Gasteiger partial charge is 0.327 e. The van der Waals surface area contributed by atoms with Crippen molar-refractivity contribution in [2.24, 2.45) is 5.92 Å². The van der Waals surface area contributed by atoms with Crippen molar-refractivity contribution in [3.05, 3.63) is 18.2 Å². The molecule has 128 valence electrons. The van der Waals surface area contributed by atoms with E-state index in [1.807, 2.05) is 18.2 Å². The standard InChI is InChI=1S/C16H20N4O4/c1-19-14-13(15(21)20(2)16(19)22)10(5-6-17-14)18-9-3-4-11-12(7-9)24-8-23-11/h3-4,7,10,13-14,17-18H,5-6,8H2,1-2H3. The lowest BCUT2D eigenvalue weighted by atomic mass is 9.86. The number of ether oxygens (including phenoxy) is 2. The Balaban J connectivity index is 1.58. The lowest BCUT2D eigenvalue weighted by molar-refractivity contribution is -0.139. The number of rotatable bonds is 2. The number of nitrogens with zero attached hydrogens (tertiary/aromatic N) is 2. The van der Waals surface area contributed by atoms with Gasteiger partial charge in [-0.05, 0) is 25.1 Å². The number of imide groups is 1. The summed E-state index contributed by atoms with van der Waals surface area (Å²) < 4.78 is 10.7. The van der Waals surface area contributed by atoms with Crippen LogP contribution in [-0.4, -0.2) is 61.4 Å². The van der Waals surface area contributed by atoms with Crippen molar-refractivity contribution in [3.63, 3.8) is 0 Å². The van der Waals surface area contributed by atoms with Gasteiger partial charge in [0.05, 0.1) is 12.1 Å². The third-order valence-electron chi connectivity index (χ3n) is 4.93. The molecule has 24 heavy (non-hydrogen) atoms. The first-order valence-corrected chi connectivity index (χ1v) is 8.00. The summed E-state index contributed by atoms with van der Waals surface area (Å²) in [5, 5.41) is 6.72. The summed E-state index contributed by atoms with van der Waals surface area (Å²) in [5.74, 6) is 0.929. The molecule has 0 bridgehead atoms. The van der Waals surface area contributed by atoms with Gasteiger partial charge in [0, 0.05) is 31.9 Å². The zero-order valence-electron chi connectivity index (χ0n) is 13.6. The minimum Gasteiger partial charge on any atom is -0.454 e. The van der Waals surface area contributed by atoms with Gasteiger partial charge in [0.1, 0.15) is 0 Å². The molecule has 2 saturated heterocycles. The fourth-order valence-corrected chi connectivity index (χ4v) is 3.63. The first-order chi connectivity index (χ1) is 11.6. The highest BCUT2D eigenvalue weighted by molar-refractivity contribution is 5.98. The van der Waals surface area contributed by atoms with Crippen LogP contribution in [0.25, 0.3) is 0 Å². The summed E-state index contributed by atoms with van der Waals surface area (Å²) in [6, 6.07) is 5.30. The van der Waals surface area contributed by atoms with Crippen molar-refractivity contribution >= 4 is 17.6 Å². The summed E-state index contributed by atoms with van der Waals surface area (Å²) in [4.78, 5) is 27.6. The second-order valence-electron chi connectivity index (χ2n) is 6.32. The molecule has 0 radical (unpaired) electrons. The van der Waals surface area contributed by atoms with Crippen LogP contribution in [0, 0.1) is 5.92 Å². The van der Waals surface area contributed by atoms with Gasteiger partial charge in [0.25, 0.3) is 0 Å². The van der Waals surface area contributed by atoms with Crippen LogP contribution in [0.3, 0.4) is 0 Å². The van der Waals surface area contributed by atoms with E-state index in [2.05, 4.69) is 10.6 Å². The van der Waals surface area contributed by atoms with Crippen molar-refractivity contribution in [1.29, 1.82) is 0 Å². The molecule has 0 aliphatic carbocycles. The Kier molecular flexibility index (Phi) is 3.49. The number of hydrogen-bond donors (Lipinski definition) is 2. The van der Waals surface area contributed by atoms with Gasteiger partial charge in [-0.15, -0.1) is 0 Å². The first kappa shape index (κ1) is 15.1. The molecular formula is C16H20N4O4. The fourth-order valence-electron chi connectivity index (χ4n) is 3.63. The maximum Gasteiger partial charge on any atom is 0.327 e. The molecule has 3 atom stereocenters. The molecule has 8 nitrogen and oxygen atoms in total. The molecule has 3 unspecified atom stereocenters. The fraction of sp³-hybridized carbons (Fsp3) is 0.500. The number of anilines is 1. The quantitative estimate of drug-likeness (QED) is 0.828. The molecule has 2 N–H and O–H groups in total. The van der Waals surface area contributed by atoms with Crippen molar-refractivity contribution in [1.82, 2.24) is 15.1 Å². The van der Waals surface area contributed by atoms with Gasteiger partial charge in [-0.3, -0.25) is 15.0 Å². The van der Waals surface area contributed by atoms with E-state index in [9.17, 15) is 9.59 Å². The molecule has 0 saturated carbocycles. The Morgan fingerprint density at radius 2 is 2.00 bits per heavy atom. The molecule has 2 fully saturated rings. The van der Waals surface area contributed by atoms with Gasteiger partial charge >= 0.3 is 6.03 Å². The Morgan fingerprint density at radius 1 is 1.21 bits per heavy atom. The monoisotopic (exact) mass is 332 g/mol. The van der Waals surface area contributed by atoms with Gasteiger partial charge in [0.2, 0.25) is 12.7 Å². The van der Waals surface area contributed by atoms with E-state index in [1.54, 1.807) is 11.9 Å². The normalized spacial score (nSPS) is 28.8. The lowest BCUT2D eigenvalue weighted by Gasteiger charge is -2.48. The third-order valence-corrected chi connectivity index (χ3v) is 4.93. The summed E-state index contributed by atoms with van der Waals surface area (Å²) in [6.07, 6.45) is 0.499. The number of nitrogens with one attached hydrogen (secondary N) is 2. The number of benzene rings is 1. The second kappa shape index (κ2) is 5.55. The average Bonchev–Trinajstić information content (AvgIpc) is 3.05. The SMILES string of the molecule is CN1C(=O)C2C(Nc3ccc4c(c3)OCO4)CCNC2N(C)C1=O. The number of carbonyl (C=O) groups is 2. The summed E-state index contributed by atoms with van der Waals surface area (Å²) in [6.45, 7) is 0.963. The Labute approximate surface area is 139 Å². The van der Waals surface area contributed by atoms with Gasteiger partial charge in [-0.1, -0.05) is 0 Å². The summed E-state index contributed by atoms with van der Waals surface area (Å²) in [7, 11) is 3.25. The van der Waals surface area contributed by atoms with Crippen LogP contribution in [0.15, 0.2) is 18.2 Å². The van der Waals surface area contributed by atoms with Crippen LogP contribution in [0.1, 0.15) is 6.42 Å². The van der Waals surface area contributed by atoms with E-state index < -0.39 is 0 Å². The third kappa shape index (κ3) is 2.25.